The summed E-state index contributed by atoms with van der Waals surface area (Å²) in [7, 11) is 0. The van der Waals surface area contributed by atoms with Gasteiger partial charge in [0.05, 0.1) is 0 Å². The number of alkyl halides is 3. The zero-order valence-electron chi connectivity index (χ0n) is 18.2. The van der Waals surface area contributed by atoms with E-state index in [-0.39, 0.29) is 35.7 Å². The molecule has 1 aliphatic heterocycles. The van der Waals surface area contributed by atoms with Gasteiger partial charge in [0.2, 0.25) is 0 Å². The number of pyridine rings is 1. The van der Waals surface area contributed by atoms with Crippen molar-refractivity contribution in [2.45, 2.75) is 25.1 Å². The summed E-state index contributed by atoms with van der Waals surface area (Å²) >= 11 is 0. The number of hydrogen-bond acceptors (Lipinski definition) is 4. The molecule has 1 fully saturated rings. The highest BCUT2D eigenvalue weighted by Gasteiger charge is 2.34. The smallest absolute Gasteiger partial charge is 0.406 e. The van der Waals surface area contributed by atoms with Crippen molar-refractivity contribution in [2.24, 2.45) is 5.92 Å². The Morgan fingerprint density at radius 1 is 0.912 bits per heavy atom. The summed E-state index contributed by atoms with van der Waals surface area (Å²) in [5.41, 5.74) is 1.90. The van der Waals surface area contributed by atoms with Crippen molar-refractivity contribution < 1.29 is 27.5 Å². The Bertz CT molecular complexity index is 1120. The lowest BCUT2D eigenvalue weighted by Gasteiger charge is -2.38. The summed E-state index contributed by atoms with van der Waals surface area (Å²) in [6.45, 7) is 0.822. The highest BCUT2D eigenvalue weighted by atomic mass is 19.4. The standard InChI is InChI=1S/C26H23F3N2O3/c27-26(28,29)34-23-8-6-19(7-9-23)22-14-18(15-24(32)20-4-2-1-3-5-20)16-31(17-22)25(33)21-10-12-30-13-11-21/h1-13,18,22H,14-17H2. The topological polar surface area (TPSA) is 59.5 Å². The van der Waals surface area contributed by atoms with E-state index < -0.39 is 6.36 Å². The van der Waals surface area contributed by atoms with Crippen molar-refractivity contribution in [3.63, 3.8) is 0 Å². The van der Waals surface area contributed by atoms with E-state index in [0.29, 0.717) is 30.6 Å². The van der Waals surface area contributed by atoms with E-state index in [0.717, 1.165) is 5.56 Å². The number of rotatable bonds is 6. The minimum atomic E-state index is -4.76. The number of nitrogens with zero attached hydrogens (tertiary/aromatic N) is 2. The predicted octanol–water partition coefficient (Wildman–Crippen LogP) is 5.50. The molecule has 2 unspecified atom stereocenters. The zero-order chi connectivity index (χ0) is 24.1. The molecule has 2 atom stereocenters. The third-order valence-corrected chi connectivity index (χ3v) is 5.91. The van der Waals surface area contributed by atoms with Crippen LogP contribution >= 0.6 is 0 Å². The van der Waals surface area contributed by atoms with Gasteiger partial charge in [0.1, 0.15) is 5.75 Å². The van der Waals surface area contributed by atoms with Gasteiger partial charge in [-0.05, 0) is 42.2 Å². The van der Waals surface area contributed by atoms with Gasteiger partial charge < -0.3 is 9.64 Å². The minimum Gasteiger partial charge on any atom is -0.406 e. The van der Waals surface area contributed by atoms with Gasteiger partial charge in [-0.3, -0.25) is 14.6 Å². The summed E-state index contributed by atoms with van der Waals surface area (Å²) in [5, 5.41) is 0. The van der Waals surface area contributed by atoms with Crippen LogP contribution in [0, 0.1) is 5.92 Å². The number of halogens is 3. The molecule has 34 heavy (non-hydrogen) atoms. The molecule has 5 nitrogen and oxygen atoms in total. The SMILES string of the molecule is O=C(CC1CC(c2ccc(OC(F)(F)F)cc2)CN(C(=O)c2ccncc2)C1)c1ccccc1. The van der Waals surface area contributed by atoms with E-state index in [4.69, 9.17) is 0 Å². The maximum absolute atomic E-state index is 13.2. The number of carbonyl (C=O) groups is 2. The lowest BCUT2D eigenvalue weighted by Crippen LogP contribution is -2.43. The van der Waals surface area contributed by atoms with Gasteiger partial charge in [-0.1, -0.05) is 42.5 Å². The minimum absolute atomic E-state index is 0.00325. The summed E-state index contributed by atoms with van der Waals surface area (Å²) < 4.78 is 41.5. The van der Waals surface area contributed by atoms with Crippen molar-refractivity contribution in [3.8, 4) is 5.75 Å². The number of benzene rings is 2. The second-order valence-corrected chi connectivity index (χ2v) is 8.35. The molecule has 1 amide bonds. The van der Waals surface area contributed by atoms with Crippen LogP contribution < -0.4 is 4.74 Å². The normalized spacial score (nSPS) is 18.4. The van der Waals surface area contributed by atoms with E-state index in [1.54, 1.807) is 65.8 Å². The van der Waals surface area contributed by atoms with Gasteiger partial charge in [0, 0.05) is 48.9 Å². The van der Waals surface area contributed by atoms with E-state index in [2.05, 4.69) is 9.72 Å². The first-order valence-electron chi connectivity index (χ1n) is 10.9. The van der Waals surface area contributed by atoms with Crippen LogP contribution in [0.25, 0.3) is 0 Å². The number of ketones is 1. The fraction of sp³-hybridized carbons (Fsp3) is 0.269. The molecule has 3 aromatic rings. The van der Waals surface area contributed by atoms with Crippen molar-refractivity contribution in [3.05, 3.63) is 95.8 Å². The molecule has 8 heteroatoms. The fourth-order valence-electron chi connectivity index (χ4n) is 4.38. The largest absolute Gasteiger partial charge is 0.573 e. The second-order valence-electron chi connectivity index (χ2n) is 8.35. The van der Waals surface area contributed by atoms with Crippen LogP contribution in [0.4, 0.5) is 13.2 Å². The molecule has 2 heterocycles. The summed E-state index contributed by atoms with van der Waals surface area (Å²) in [5.74, 6) is -0.693. The number of carbonyl (C=O) groups excluding carboxylic acids is 2. The van der Waals surface area contributed by atoms with Gasteiger partial charge in [-0.15, -0.1) is 13.2 Å². The molecule has 1 saturated heterocycles. The number of amides is 1. The van der Waals surface area contributed by atoms with Gasteiger partial charge in [-0.25, -0.2) is 0 Å². The Morgan fingerprint density at radius 2 is 1.59 bits per heavy atom. The average Bonchev–Trinajstić information content (AvgIpc) is 2.84. The van der Waals surface area contributed by atoms with Crippen molar-refractivity contribution >= 4 is 11.7 Å². The number of aromatic nitrogens is 1. The summed E-state index contributed by atoms with van der Waals surface area (Å²) in [6.07, 6.45) is -0.758. The summed E-state index contributed by atoms with van der Waals surface area (Å²) in [6, 6.07) is 18.0. The number of hydrogen-bond donors (Lipinski definition) is 0. The summed E-state index contributed by atoms with van der Waals surface area (Å²) in [4.78, 5) is 31.7. The van der Waals surface area contributed by atoms with E-state index in [1.165, 1.54) is 12.1 Å². The third-order valence-electron chi connectivity index (χ3n) is 5.91. The molecule has 0 spiro atoms. The number of piperidine rings is 1. The number of ether oxygens (including phenoxy) is 1. The van der Waals surface area contributed by atoms with Gasteiger partial charge in [0.15, 0.2) is 5.78 Å². The first-order valence-corrected chi connectivity index (χ1v) is 10.9. The van der Waals surface area contributed by atoms with Gasteiger partial charge in [0.25, 0.3) is 5.91 Å². The van der Waals surface area contributed by atoms with Crippen LogP contribution in [0.3, 0.4) is 0 Å². The van der Waals surface area contributed by atoms with Crippen molar-refractivity contribution in [1.82, 2.24) is 9.88 Å². The molecule has 0 N–H and O–H groups in total. The second kappa shape index (κ2) is 10.1. The van der Waals surface area contributed by atoms with Gasteiger partial charge in [-0.2, -0.15) is 0 Å². The molecule has 0 radical (unpaired) electrons. The Hall–Kier alpha value is -3.68. The molecule has 2 aromatic carbocycles. The number of likely N-dealkylation sites (tertiary alicyclic amines) is 1. The Labute approximate surface area is 195 Å². The first-order chi connectivity index (χ1) is 16.3. The molecule has 0 aliphatic carbocycles. The van der Waals surface area contributed by atoms with Gasteiger partial charge >= 0.3 is 6.36 Å². The van der Waals surface area contributed by atoms with E-state index in [9.17, 15) is 22.8 Å². The monoisotopic (exact) mass is 468 g/mol. The first kappa shape index (κ1) is 23.5. The van der Waals surface area contributed by atoms with E-state index in [1.807, 2.05) is 6.07 Å². The molecule has 176 valence electrons. The molecule has 1 aliphatic rings. The van der Waals surface area contributed by atoms with E-state index >= 15 is 0 Å². The molecule has 1 aromatic heterocycles. The lowest BCUT2D eigenvalue weighted by molar-refractivity contribution is -0.274. The van der Waals surface area contributed by atoms with Crippen LogP contribution in [0.15, 0.2) is 79.1 Å². The molecule has 4 rings (SSSR count). The highest BCUT2D eigenvalue weighted by molar-refractivity contribution is 5.96. The van der Waals surface area contributed by atoms with Crippen LogP contribution in [0.5, 0.6) is 5.75 Å². The Morgan fingerprint density at radius 3 is 2.24 bits per heavy atom. The van der Waals surface area contributed by atoms with Crippen LogP contribution in [0.2, 0.25) is 0 Å². The van der Waals surface area contributed by atoms with Crippen LogP contribution in [0.1, 0.15) is 45.0 Å². The van der Waals surface area contributed by atoms with Crippen molar-refractivity contribution in [2.75, 3.05) is 13.1 Å². The quantitative estimate of drug-likeness (QED) is 0.449. The zero-order valence-corrected chi connectivity index (χ0v) is 18.2. The maximum Gasteiger partial charge on any atom is 0.573 e. The maximum atomic E-state index is 13.2. The van der Waals surface area contributed by atoms with Crippen LogP contribution in [-0.4, -0.2) is 41.0 Å². The number of Topliss-reactive ketones (excluding diaryl/α,β-unsaturated/α-hetero) is 1. The fourth-order valence-corrected chi connectivity index (χ4v) is 4.38. The predicted molar refractivity (Wildman–Crippen MR) is 120 cm³/mol. The molecule has 0 saturated carbocycles. The highest BCUT2D eigenvalue weighted by Crippen LogP contribution is 2.34. The molecular formula is C26H23F3N2O3. The average molecular weight is 468 g/mol. The Balaban J connectivity index is 1.55. The molecular weight excluding hydrogens is 445 g/mol. The molecule has 0 bridgehead atoms. The van der Waals surface area contributed by atoms with Crippen molar-refractivity contribution in [1.29, 1.82) is 0 Å². The third kappa shape index (κ3) is 6.01. The lowest BCUT2D eigenvalue weighted by atomic mass is 9.81. The van der Waals surface area contributed by atoms with Crippen LogP contribution in [-0.2, 0) is 0 Å². The Kier molecular flexibility index (Phi) is 6.95.